The van der Waals surface area contributed by atoms with Crippen molar-refractivity contribution in [3.63, 3.8) is 0 Å². The molecule has 0 heterocycles. The highest BCUT2D eigenvalue weighted by molar-refractivity contribution is 5.92. The molecule has 0 bridgehead atoms. The molecule has 5 heteroatoms. The summed E-state index contributed by atoms with van der Waals surface area (Å²) < 4.78 is 9.72. The molecule has 0 aromatic heterocycles. The number of carbonyl (C=O) groups is 2. The molecular formula is C14H19NO4. The van der Waals surface area contributed by atoms with Gasteiger partial charge < -0.3 is 15.2 Å². The number of methoxy groups -OCH3 is 1. The number of hydrogen-bond acceptors (Lipinski definition) is 5. The van der Waals surface area contributed by atoms with E-state index in [9.17, 15) is 9.59 Å². The first-order chi connectivity index (χ1) is 9.04. The molecule has 19 heavy (non-hydrogen) atoms. The third-order valence-electron chi connectivity index (χ3n) is 2.59. The van der Waals surface area contributed by atoms with Gasteiger partial charge in [0.15, 0.2) is 0 Å². The van der Waals surface area contributed by atoms with Crippen LogP contribution in [0.4, 0.5) is 0 Å². The number of esters is 2. The van der Waals surface area contributed by atoms with E-state index in [2.05, 4.69) is 4.74 Å². The molecule has 0 radical (unpaired) electrons. The Bertz CT molecular complexity index is 443. The highest BCUT2D eigenvalue weighted by atomic mass is 16.5. The van der Waals surface area contributed by atoms with Crippen LogP contribution in [0.25, 0.3) is 0 Å². The third kappa shape index (κ3) is 5.09. The topological polar surface area (TPSA) is 78.6 Å². The molecule has 0 saturated carbocycles. The van der Waals surface area contributed by atoms with E-state index < -0.39 is 5.97 Å². The van der Waals surface area contributed by atoms with Crippen LogP contribution in [0.3, 0.4) is 0 Å². The van der Waals surface area contributed by atoms with Gasteiger partial charge in [0.25, 0.3) is 0 Å². The lowest BCUT2D eigenvalue weighted by Crippen LogP contribution is -2.19. The minimum absolute atomic E-state index is 0.00449. The molecule has 0 saturated heterocycles. The lowest BCUT2D eigenvalue weighted by Gasteiger charge is -2.09. The molecule has 0 aliphatic heterocycles. The van der Waals surface area contributed by atoms with E-state index in [1.165, 1.54) is 7.11 Å². The van der Waals surface area contributed by atoms with E-state index in [1.54, 1.807) is 24.3 Å². The van der Waals surface area contributed by atoms with Crippen LogP contribution in [0.5, 0.6) is 0 Å². The number of rotatable bonds is 6. The average molecular weight is 265 g/mol. The van der Waals surface area contributed by atoms with Crippen LogP contribution in [0, 0.1) is 0 Å². The Kier molecular flexibility index (Phi) is 6.02. The van der Waals surface area contributed by atoms with Crippen LogP contribution in [-0.4, -0.2) is 31.7 Å². The smallest absolute Gasteiger partial charge is 0.338 e. The predicted octanol–water partition coefficient (Wildman–Crippen LogP) is 1.30. The molecule has 0 amide bonds. The Morgan fingerprint density at radius 3 is 2.63 bits per heavy atom. The van der Waals surface area contributed by atoms with Gasteiger partial charge in [-0.05, 0) is 25.0 Å². The molecule has 2 N–H and O–H groups in total. The fourth-order valence-electron chi connectivity index (χ4n) is 1.55. The summed E-state index contributed by atoms with van der Waals surface area (Å²) in [4.78, 5) is 23.2. The summed E-state index contributed by atoms with van der Waals surface area (Å²) in [5, 5.41) is 0. The van der Waals surface area contributed by atoms with Gasteiger partial charge in [0.1, 0.15) is 0 Å². The maximum atomic E-state index is 11.6. The van der Waals surface area contributed by atoms with Crippen LogP contribution in [0.1, 0.15) is 29.3 Å². The Morgan fingerprint density at radius 1 is 1.32 bits per heavy atom. The van der Waals surface area contributed by atoms with E-state index in [4.69, 9.17) is 10.5 Å². The SMILES string of the molecule is COC(=O)c1ccccc1CC(=O)OCCC(C)N. The van der Waals surface area contributed by atoms with Crippen molar-refractivity contribution < 1.29 is 19.1 Å². The van der Waals surface area contributed by atoms with Crippen molar-refractivity contribution in [1.29, 1.82) is 0 Å². The molecule has 104 valence electrons. The molecule has 1 aromatic rings. The average Bonchev–Trinajstić information content (AvgIpc) is 2.38. The van der Waals surface area contributed by atoms with Gasteiger partial charge in [-0.15, -0.1) is 0 Å². The van der Waals surface area contributed by atoms with Crippen molar-refractivity contribution >= 4 is 11.9 Å². The second-order valence-corrected chi connectivity index (χ2v) is 4.31. The van der Waals surface area contributed by atoms with Gasteiger partial charge in [-0.25, -0.2) is 4.79 Å². The first-order valence-electron chi connectivity index (χ1n) is 6.12. The second kappa shape index (κ2) is 7.53. The fourth-order valence-corrected chi connectivity index (χ4v) is 1.55. The zero-order valence-electron chi connectivity index (χ0n) is 11.2. The molecule has 1 atom stereocenters. The number of ether oxygens (including phenoxy) is 2. The Labute approximate surface area is 112 Å². The normalized spacial score (nSPS) is 11.7. The molecule has 0 aliphatic rings. The minimum Gasteiger partial charge on any atom is -0.465 e. The zero-order valence-corrected chi connectivity index (χ0v) is 11.2. The second-order valence-electron chi connectivity index (χ2n) is 4.31. The summed E-state index contributed by atoms with van der Waals surface area (Å²) in [6, 6.07) is 6.80. The molecule has 1 rings (SSSR count). The van der Waals surface area contributed by atoms with E-state index in [0.717, 1.165) is 0 Å². The van der Waals surface area contributed by atoms with Gasteiger partial charge in [-0.2, -0.15) is 0 Å². The van der Waals surface area contributed by atoms with Crippen LogP contribution in [0.15, 0.2) is 24.3 Å². The van der Waals surface area contributed by atoms with E-state index in [0.29, 0.717) is 17.5 Å². The molecule has 0 fully saturated rings. The predicted molar refractivity (Wildman–Crippen MR) is 70.7 cm³/mol. The van der Waals surface area contributed by atoms with Crippen LogP contribution in [0.2, 0.25) is 0 Å². The zero-order chi connectivity index (χ0) is 14.3. The highest BCUT2D eigenvalue weighted by Gasteiger charge is 2.14. The van der Waals surface area contributed by atoms with Crippen molar-refractivity contribution in [3.8, 4) is 0 Å². The van der Waals surface area contributed by atoms with E-state index in [1.807, 2.05) is 6.92 Å². The molecule has 0 aliphatic carbocycles. The number of nitrogens with two attached hydrogens (primary N) is 1. The van der Waals surface area contributed by atoms with Crippen molar-refractivity contribution in [2.75, 3.05) is 13.7 Å². The van der Waals surface area contributed by atoms with Crippen LogP contribution in [-0.2, 0) is 20.7 Å². The van der Waals surface area contributed by atoms with Gasteiger partial charge in [-0.3, -0.25) is 4.79 Å². The number of benzene rings is 1. The van der Waals surface area contributed by atoms with Crippen molar-refractivity contribution in [3.05, 3.63) is 35.4 Å². The van der Waals surface area contributed by atoms with Crippen molar-refractivity contribution in [2.45, 2.75) is 25.8 Å². The van der Waals surface area contributed by atoms with E-state index >= 15 is 0 Å². The van der Waals surface area contributed by atoms with Crippen LogP contribution < -0.4 is 5.73 Å². The van der Waals surface area contributed by atoms with Gasteiger partial charge in [-0.1, -0.05) is 18.2 Å². The standard InChI is InChI=1S/C14H19NO4/c1-10(15)7-8-19-13(16)9-11-5-3-4-6-12(11)14(17)18-2/h3-6,10H,7-9,15H2,1-2H3. The lowest BCUT2D eigenvalue weighted by molar-refractivity contribution is -0.143. The summed E-state index contributed by atoms with van der Waals surface area (Å²) in [7, 11) is 1.31. The Hall–Kier alpha value is -1.88. The van der Waals surface area contributed by atoms with Crippen LogP contribution >= 0.6 is 0 Å². The highest BCUT2D eigenvalue weighted by Crippen LogP contribution is 2.11. The fraction of sp³-hybridized carbons (Fsp3) is 0.429. The van der Waals surface area contributed by atoms with Gasteiger partial charge in [0, 0.05) is 6.04 Å². The Balaban J connectivity index is 2.61. The maximum Gasteiger partial charge on any atom is 0.338 e. The first-order valence-corrected chi connectivity index (χ1v) is 6.12. The molecule has 5 nitrogen and oxygen atoms in total. The van der Waals surface area contributed by atoms with E-state index in [-0.39, 0.29) is 25.0 Å². The van der Waals surface area contributed by atoms with Crippen molar-refractivity contribution in [1.82, 2.24) is 0 Å². The largest absolute Gasteiger partial charge is 0.465 e. The maximum absolute atomic E-state index is 11.6. The third-order valence-corrected chi connectivity index (χ3v) is 2.59. The summed E-state index contributed by atoms with van der Waals surface area (Å²) in [5.74, 6) is -0.837. The number of carbonyl (C=O) groups excluding carboxylic acids is 2. The monoisotopic (exact) mass is 265 g/mol. The van der Waals surface area contributed by atoms with Crippen molar-refractivity contribution in [2.24, 2.45) is 5.73 Å². The summed E-state index contributed by atoms with van der Waals surface area (Å²) in [6.07, 6.45) is 0.661. The van der Waals surface area contributed by atoms with Gasteiger partial charge in [0.05, 0.1) is 25.7 Å². The molecule has 0 spiro atoms. The molecule has 1 unspecified atom stereocenters. The Morgan fingerprint density at radius 2 is 2.00 bits per heavy atom. The molecular weight excluding hydrogens is 246 g/mol. The summed E-state index contributed by atoms with van der Waals surface area (Å²) in [6.45, 7) is 2.14. The van der Waals surface area contributed by atoms with Gasteiger partial charge >= 0.3 is 11.9 Å². The molecule has 1 aromatic carbocycles. The minimum atomic E-state index is -0.459. The first kappa shape index (κ1) is 15.2. The number of hydrogen-bond donors (Lipinski definition) is 1. The lowest BCUT2D eigenvalue weighted by atomic mass is 10.0. The summed E-state index contributed by atoms with van der Waals surface area (Å²) >= 11 is 0. The van der Waals surface area contributed by atoms with Gasteiger partial charge in [0.2, 0.25) is 0 Å². The quantitative estimate of drug-likeness (QED) is 0.784. The summed E-state index contributed by atoms with van der Waals surface area (Å²) in [5.41, 5.74) is 6.54.